The highest BCUT2D eigenvalue weighted by molar-refractivity contribution is 6.33. The first-order valence-electron chi connectivity index (χ1n) is 9.04. The molecule has 29 heavy (non-hydrogen) atoms. The van der Waals surface area contributed by atoms with Gasteiger partial charge in [0.25, 0.3) is 5.91 Å². The Bertz CT molecular complexity index is 997. The van der Waals surface area contributed by atoms with E-state index >= 15 is 0 Å². The van der Waals surface area contributed by atoms with Gasteiger partial charge in [0.1, 0.15) is 11.5 Å². The highest BCUT2D eigenvalue weighted by atomic mass is 35.5. The van der Waals surface area contributed by atoms with Crippen molar-refractivity contribution >= 4 is 23.2 Å². The number of terminal acetylenes is 1. The van der Waals surface area contributed by atoms with E-state index in [0.717, 1.165) is 31.0 Å². The second-order valence-corrected chi connectivity index (χ2v) is 6.90. The van der Waals surface area contributed by atoms with Crippen LogP contribution in [0.3, 0.4) is 0 Å². The predicted molar refractivity (Wildman–Crippen MR) is 109 cm³/mol. The van der Waals surface area contributed by atoms with Crippen LogP contribution in [0.25, 0.3) is 11.1 Å². The van der Waals surface area contributed by atoms with Crippen LogP contribution in [-0.4, -0.2) is 43.2 Å². The van der Waals surface area contributed by atoms with Crippen LogP contribution >= 0.6 is 11.6 Å². The van der Waals surface area contributed by atoms with Crippen molar-refractivity contribution in [2.75, 3.05) is 27.2 Å². The Balaban J connectivity index is 2.29. The fourth-order valence-electron chi connectivity index (χ4n) is 3.13. The Morgan fingerprint density at radius 2 is 2.07 bits per heavy atom. The van der Waals surface area contributed by atoms with Gasteiger partial charge in [-0.2, -0.15) is 0 Å². The van der Waals surface area contributed by atoms with Crippen molar-refractivity contribution in [3.63, 3.8) is 0 Å². The molecule has 1 amide bonds. The molecule has 150 valence electrons. The van der Waals surface area contributed by atoms with Crippen molar-refractivity contribution in [2.45, 2.75) is 12.8 Å². The van der Waals surface area contributed by atoms with Crippen molar-refractivity contribution in [1.82, 2.24) is 10.1 Å². The third-order valence-electron chi connectivity index (χ3n) is 4.65. The Hall–Kier alpha value is -2.95. The lowest BCUT2D eigenvalue weighted by atomic mass is 9.94. The monoisotopic (exact) mass is 414 g/mol. The molecule has 0 aromatic heterocycles. The van der Waals surface area contributed by atoms with Gasteiger partial charge in [-0.3, -0.25) is 14.6 Å². The molecule has 1 heterocycles. The van der Waals surface area contributed by atoms with Gasteiger partial charge in [0.15, 0.2) is 0 Å². The summed E-state index contributed by atoms with van der Waals surface area (Å²) in [6.45, 7) is 1.56. The van der Waals surface area contributed by atoms with Gasteiger partial charge in [-0.05, 0) is 36.6 Å². The maximum atomic E-state index is 14.0. The zero-order chi connectivity index (χ0) is 21.0. The normalized spacial score (nSPS) is 13.7. The van der Waals surface area contributed by atoms with Crippen LogP contribution in [0.2, 0.25) is 5.02 Å². The number of hydrogen-bond donors (Lipinski definition) is 0. The maximum absolute atomic E-state index is 14.0. The smallest absolute Gasteiger partial charge is 0.277 e. The summed E-state index contributed by atoms with van der Waals surface area (Å²) in [7, 11) is 2.83. The van der Waals surface area contributed by atoms with Gasteiger partial charge in [-0.1, -0.05) is 34.9 Å². The van der Waals surface area contributed by atoms with Crippen molar-refractivity contribution in [1.29, 1.82) is 0 Å². The molecule has 2 aromatic rings. The number of benzene rings is 2. The van der Waals surface area contributed by atoms with Gasteiger partial charge in [0.05, 0.1) is 23.3 Å². The lowest BCUT2D eigenvalue weighted by molar-refractivity contribution is -0.0756. The second-order valence-electron chi connectivity index (χ2n) is 6.49. The summed E-state index contributed by atoms with van der Waals surface area (Å²) in [6.07, 6.45) is 7.73. The number of amides is 1. The molecule has 0 spiro atoms. The lowest BCUT2D eigenvalue weighted by Crippen LogP contribution is -2.26. The van der Waals surface area contributed by atoms with E-state index in [9.17, 15) is 9.18 Å². The van der Waals surface area contributed by atoms with E-state index in [0.29, 0.717) is 11.1 Å². The number of carbonyl (C=O) groups is 1. The number of halogens is 2. The number of hydroxylamine groups is 2. The summed E-state index contributed by atoms with van der Waals surface area (Å²) < 4.78 is 14.0. The fraction of sp³-hybridized carbons (Fsp3) is 0.286. The fourth-order valence-corrected chi connectivity index (χ4v) is 3.38. The molecule has 6 nitrogen and oxygen atoms in total. The minimum absolute atomic E-state index is 0.177. The van der Waals surface area contributed by atoms with Crippen LogP contribution in [0, 0.1) is 18.2 Å². The van der Waals surface area contributed by atoms with E-state index in [1.165, 1.54) is 32.4 Å². The van der Waals surface area contributed by atoms with Crippen LogP contribution in [0.4, 0.5) is 10.1 Å². The molecule has 1 aliphatic heterocycles. The summed E-state index contributed by atoms with van der Waals surface area (Å²) in [5.74, 6) is 1.58. The Morgan fingerprint density at radius 3 is 2.69 bits per heavy atom. The number of nitrogens with zero attached hydrogens (tertiary/aromatic N) is 4. The largest absolute Gasteiger partial charge is 0.278 e. The molecule has 2 aromatic carbocycles. The zero-order valence-corrected chi connectivity index (χ0v) is 16.9. The zero-order valence-electron chi connectivity index (χ0n) is 16.2. The topological polar surface area (TPSA) is 57.5 Å². The van der Waals surface area contributed by atoms with E-state index < -0.39 is 11.7 Å². The summed E-state index contributed by atoms with van der Waals surface area (Å²) in [5, 5.41) is 11.7. The molecule has 0 N–H and O–H groups in total. The van der Waals surface area contributed by atoms with Crippen LogP contribution < -0.4 is 0 Å². The summed E-state index contributed by atoms with van der Waals surface area (Å²) in [5.41, 5.74) is 1.48. The molecule has 1 fully saturated rings. The molecule has 0 aliphatic carbocycles. The Morgan fingerprint density at radius 1 is 1.34 bits per heavy atom. The van der Waals surface area contributed by atoms with E-state index in [-0.39, 0.29) is 21.8 Å². The standard InChI is InChI=1S/C21H20ClFN4O2/c1-4-16-18(22)13-17(21(28)26(2)29-3)19(14-8-7-9-15(23)12-14)20(16)24-25-27-10-5-6-11-27/h1,7-9,12-13H,5-6,10-11H2,2-3H3/b25-24+. The molecule has 0 radical (unpaired) electrons. The summed E-state index contributed by atoms with van der Waals surface area (Å²) in [4.78, 5) is 18.0. The van der Waals surface area contributed by atoms with E-state index in [1.54, 1.807) is 12.1 Å². The third-order valence-corrected chi connectivity index (χ3v) is 4.95. The first kappa shape index (κ1) is 20.8. The van der Waals surface area contributed by atoms with Gasteiger partial charge in [0.2, 0.25) is 0 Å². The average Bonchev–Trinajstić information content (AvgIpc) is 3.24. The molecule has 0 unspecified atom stereocenters. The molecule has 0 saturated carbocycles. The van der Waals surface area contributed by atoms with Crippen LogP contribution in [0.5, 0.6) is 0 Å². The average molecular weight is 415 g/mol. The predicted octanol–water partition coefficient (Wildman–Crippen LogP) is 4.86. The molecular formula is C21H20ClFN4O2. The van der Waals surface area contributed by atoms with Crippen molar-refractivity contribution in [2.24, 2.45) is 10.3 Å². The van der Waals surface area contributed by atoms with Gasteiger partial charge in [-0.25, -0.2) is 9.45 Å². The summed E-state index contributed by atoms with van der Waals surface area (Å²) >= 11 is 6.37. The molecule has 8 heteroatoms. The minimum atomic E-state index is -0.477. The van der Waals surface area contributed by atoms with Crippen molar-refractivity contribution in [3.8, 4) is 23.5 Å². The highest BCUT2D eigenvalue weighted by Gasteiger charge is 2.25. The third kappa shape index (κ3) is 4.39. The summed E-state index contributed by atoms with van der Waals surface area (Å²) in [6, 6.07) is 7.29. The van der Waals surface area contributed by atoms with Crippen molar-refractivity contribution < 1.29 is 14.0 Å². The maximum Gasteiger partial charge on any atom is 0.277 e. The highest BCUT2D eigenvalue weighted by Crippen LogP contribution is 2.41. The van der Waals surface area contributed by atoms with Crippen LogP contribution in [0.15, 0.2) is 40.7 Å². The molecule has 0 bridgehead atoms. The molecule has 3 rings (SSSR count). The quantitative estimate of drug-likeness (QED) is 0.399. The van der Waals surface area contributed by atoms with Gasteiger partial charge >= 0.3 is 0 Å². The van der Waals surface area contributed by atoms with Crippen LogP contribution in [0.1, 0.15) is 28.8 Å². The SMILES string of the molecule is C#Cc1c(Cl)cc(C(=O)N(C)OC)c(-c2cccc(F)c2)c1/N=N/N1CCCC1. The number of rotatable bonds is 5. The van der Waals surface area contributed by atoms with E-state index in [2.05, 4.69) is 16.3 Å². The van der Waals surface area contributed by atoms with E-state index in [1.807, 2.05) is 5.01 Å². The molecule has 0 atom stereocenters. The van der Waals surface area contributed by atoms with Crippen LogP contribution in [-0.2, 0) is 4.84 Å². The van der Waals surface area contributed by atoms with Gasteiger partial charge in [-0.15, -0.1) is 11.5 Å². The molecular weight excluding hydrogens is 395 g/mol. The molecule has 1 aliphatic rings. The minimum Gasteiger partial charge on any atom is -0.278 e. The first-order valence-corrected chi connectivity index (χ1v) is 9.42. The van der Waals surface area contributed by atoms with E-state index in [4.69, 9.17) is 22.9 Å². The first-order chi connectivity index (χ1) is 14.0. The van der Waals surface area contributed by atoms with Gasteiger partial charge < -0.3 is 0 Å². The lowest BCUT2D eigenvalue weighted by Gasteiger charge is -2.19. The Labute approximate surface area is 173 Å². The van der Waals surface area contributed by atoms with Gasteiger partial charge in [0, 0.05) is 25.7 Å². The number of carbonyl (C=O) groups excluding carboxylic acids is 1. The second kappa shape index (κ2) is 9.03. The van der Waals surface area contributed by atoms with Crippen molar-refractivity contribution in [3.05, 3.63) is 52.3 Å². The number of hydrogen-bond acceptors (Lipinski definition) is 4. The molecule has 1 saturated heterocycles. The Kier molecular flexibility index (Phi) is 6.47.